The molecule has 1 amide bonds. The average Bonchev–Trinajstić information content (AvgIpc) is 3.20. The van der Waals surface area contributed by atoms with E-state index in [2.05, 4.69) is 49.7 Å². The van der Waals surface area contributed by atoms with E-state index in [-0.39, 0.29) is 12.0 Å². The Kier molecular flexibility index (Phi) is 7.18. The van der Waals surface area contributed by atoms with Gasteiger partial charge in [-0.3, -0.25) is 9.79 Å². The van der Waals surface area contributed by atoms with Crippen molar-refractivity contribution < 1.29 is 4.79 Å². The molecule has 1 aromatic rings. The van der Waals surface area contributed by atoms with Crippen LogP contribution >= 0.6 is 0 Å². The molecule has 0 aromatic heterocycles. The fraction of sp³-hybridized carbons (Fsp3) is 0.636. The van der Waals surface area contributed by atoms with Gasteiger partial charge in [0.1, 0.15) is 0 Å². The van der Waals surface area contributed by atoms with Gasteiger partial charge in [-0.1, -0.05) is 31.4 Å². The highest BCUT2D eigenvalue weighted by atomic mass is 16.2. The van der Waals surface area contributed by atoms with Gasteiger partial charge in [0.05, 0.1) is 0 Å². The molecule has 154 valence electrons. The Morgan fingerprint density at radius 3 is 2.50 bits per heavy atom. The van der Waals surface area contributed by atoms with Crippen LogP contribution in [0.2, 0.25) is 0 Å². The van der Waals surface area contributed by atoms with Gasteiger partial charge in [0.2, 0.25) is 5.91 Å². The minimum Gasteiger partial charge on any atom is -0.378 e. The molecule has 0 radical (unpaired) electrons. The van der Waals surface area contributed by atoms with E-state index in [1.807, 2.05) is 14.1 Å². The predicted octanol–water partition coefficient (Wildman–Crippen LogP) is 2.60. The monoisotopic (exact) mass is 385 g/mol. The van der Waals surface area contributed by atoms with E-state index in [0.717, 1.165) is 44.9 Å². The molecule has 1 atom stereocenters. The molecule has 1 aliphatic carbocycles. The van der Waals surface area contributed by atoms with Gasteiger partial charge in [-0.15, -0.1) is 0 Å². The van der Waals surface area contributed by atoms with Crippen molar-refractivity contribution in [3.8, 4) is 0 Å². The van der Waals surface area contributed by atoms with Crippen molar-refractivity contribution in [1.82, 2.24) is 15.5 Å². The van der Waals surface area contributed by atoms with Crippen molar-refractivity contribution in [1.29, 1.82) is 0 Å². The van der Waals surface area contributed by atoms with Crippen LogP contribution in [0, 0.1) is 5.92 Å². The fourth-order valence-corrected chi connectivity index (χ4v) is 4.17. The zero-order valence-corrected chi connectivity index (χ0v) is 17.6. The standard InChI is InChI=1S/C22H35N5O/c1-23-22(24-15-17-9-11-20(12-10-17)26(2)3)25-19-13-14-27(16-19)21(28)18-7-5-4-6-8-18/h9-12,18-19H,4-8,13-16H2,1-3H3,(H2,23,24,25). The first kappa shape index (κ1) is 20.5. The minimum atomic E-state index is 0.259. The third kappa shape index (κ3) is 5.40. The van der Waals surface area contributed by atoms with Crippen LogP contribution < -0.4 is 15.5 Å². The second-order valence-corrected chi connectivity index (χ2v) is 8.24. The molecule has 2 aliphatic rings. The number of anilines is 1. The molecule has 2 N–H and O–H groups in total. The van der Waals surface area contributed by atoms with Crippen molar-refractivity contribution in [3.63, 3.8) is 0 Å². The first-order chi connectivity index (χ1) is 13.6. The molecule has 3 rings (SSSR count). The number of aliphatic imine (C=N–C) groups is 1. The van der Waals surface area contributed by atoms with Gasteiger partial charge >= 0.3 is 0 Å². The molecule has 0 bridgehead atoms. The van der Waals surface area contributed by atoms with E-state index in [9.17, 15) is 4.79 Å². The third-order valence-electron chi connectivity index (χ3n) is 5.93. The lowest BCUT2D eigenvalue weighted by Gasteiger charge is -2.26. The molecule has 1 aromatic carbocycles. The summed E-state index contributed by atoms with van der Waals surface area (Å²) >= 11 is 0. The number of benzene rings is 1. The normalized spacial score (nSPS) is 20.9. The zero-order valence-electron chi connectivity index (χ0n) is 17.6. The van der Waals surface area contributed by atoms with Crippen LogP contribution in [0.15, 0.2) is 29.3 Å². The number of hydrogen-bond donors (Lipinski definition) is 2. The van der Waals surface area contributed by atoms with Gasteiger partial charge < -0.3 is 20.4 Å². The van der Waals surface area contributed by atoms with Gasteiger partial charge in [-0.05, 0) is 37.0 Å². The summed E-state index contributed by atoms with van der Waals surface area (Å²) in [7, 11) is 5.89. The first-order valence-electron chi connectivity index (χ1n) is 10.6. The summed E-state index contributed by atoms with van der Waals surface area (Å²) in [5.74, 6) is 1.43. The van der Waals surface area contributed by atoms with Gasteiger partial charge in [0.15, 0.2) is 5.96 Å². The van der Waals surface area contributed by atoms with E-state index in [4.69, 9.17) is 0 Å². The number of hydrogen-bond acceptors (Lipinski definition) is 3. The number of likely N-dealkylation sites (tertiary alicyclic amines) is 1. The van der Waals surface area contributed by atoms with E-state index in [0.29, 0.717) is 5.91 Å². The number of nitrogens with one attached hydrogen (secondary N) is 2. The first-order valence-corrected chi connectivity index (χ1v) is 10.6. The van der Waals surface area contributed by atoms with Crippen molar-refractivity contribution in [2.24, 2.45) is 10.9 Å². The van der Waals surface area contributed by atoms with Crippen LogP contribution in [0.1, 0.15) is 44.1 Å². The third-order valence-corrected chi connectivity index (χ3v) is 5.93. The SMILES string of the molecule is CN=C(NCc1ccc(N(C)C)cc1)NC1CCN(C(=O)C2CCCCC2)C1. The molecule has 6 nitrogen and oxygen atoms in total. The number of guanidine groups is 1. The van der Waals surface area contributed by atoms with Gasteiger partial charge in [0, 0.05) is 58.4 Å². The minimum absolute atomic E-state index is 0.259. The fourth-order valence-electron chi connectivity index (χ4n) is 4.17. The van der Waals surface area contributed by atoms with Crippen LogP contribution in [-0.2, 0) is 11.3 Å². The maximum Gasteiger partial charge on any atom is 0.225 e. The second-order valence-electron chi connectivity index (χ2n) is 8.24. The molecule has 2 fully saturated rings. The largest absolute Gasteiger partial charge is 0.378 e. The van der Waals surface area contributed by atoms with Crippen LogP contribution in [0.25, 0.3) is 0 Å². The Hall–Kier alpha value is -2.24. The van der Waals surface area contributed by atoms with Crippen molar-refractivity contribution >= 4 is 17.6 Å². The summed E-state index contributed by atoms with van der Waals surface area (Å²) in [6, 6.07) is 8.79. The highest BCUT2D eigenvalue weighted by Gasteiger charge is 2.31. The zero-order chi connectivity index (χ0) is 19.9. The van der Waals surface area contributed by atoms with E-state index in [1.165, 1.54) is 30.5 Å². The summed E-state index contributed by atoms with van der Waals surface area (Å²) in [6.45, 7) is 2.37. The summed E-state index contributed by atoms with van der Waals surface area (Å²) in [4.78, 5) is 21.2. The van der Waals surface area contributed by atoms with Gasteiger partial charge in [-0.2, -0.15) is 0 Å². The lowest BCUT2D eigenvalue weighted by molar-refractivity contribution is -0.135. The molecule has 1 aliphatic heterocycles. The molecule has 0 spiro atoms. The van der Waals surface area contributed by atoms with Gasteiger partial charge in [0.25, 0.3) is 0 Å². The summed E-state index contributed by atoms with van der Waals surface area (Å²) in [6.07, 6.45) is 6.83. The number of carbonyl (C=O) groups is 1. The quantitative estimate of drug-likeness (QED) is 0.604. The number of carbonyl (C=O) groups excluding carboxylic acids is 1. The van der Waals surface area contributed by atoms with E-state index in [1.54, 1.807) is 7.05 Å². The molecule has 1 saturated heterocycles. The number of amides is 1. The molecular formula is C22H35N5O. The molecule has 28 heavy (non-hydrogen) atoms. The molecule has 6 heteroatoms. The van der Waals surface area contributed by atoms with Crippen LogP contribution in [0.3, 0.4) is 0 Å². The maximum absolute atomic E-state index is 12.7. The topological polar surface area (TPSA) is 60.0 Å². The average molecular weight is 386 g/mol. The Morgan fingerprint density at radius 1 is 1.14 bits per heavy atom. The highest BCUT2D eigenvalue weighted by Crippen LogP contribution is 2.26. The predicted molar refractivity (Wildman–Crippen MR) is 116 cm³/mol. The lowest BCUT2D eigenvalue weighted by atomic mass is 9.88. The smallest absolute Gasteiger partial charge is 0.225 e. The molecule has 1 unspecified atom stereocenters. The number of rotatable bonds is 5. The highest BCUT2D eigenvalue weighted by molar-refractivity contribution is 5.81. The van der Waals surface area contributed by atoms with E-state index >= 15 is 0 Å². The van der Waals surface area contributed by atoms with Crippen LogP contribution in [-0.4, -0.2) is 57.0 Å². The molecular weight excluding hydrogens is 350 g/mol. The number of nitrogens with zero attached hydrogens (tertiary/aromatic N) is 3. The summed E-state index contributed by atoms with van der Waals surface area (Å²) in [5, 5.41) is 6.88. The summed E-state index contributed by atoms with van der Waals surface area (Å²) in [5.41, 5.74) is 2.41. The Balaban J connectivity index is 1.45. The van der Waals surface area contributed by atoms with Gasteiger partial charge in [-0.25, -0.2) is 0 Å². The maximum atomic E-state index is 12.7. The Morgan fingerprint density at radius 2 is 1.86 bits per heavy atom. The molecule has 1 heterocycles. The second kappa shape index (κ2) is 9.80. The Labute approximate surface area is 169 Å². The van der Waals surface area contributed by atoms with Crippen molar-refractivity contribution in [2.75, 3.05) is 39.1 Å². The summed E-state index contributed by atoms with van der Waals surface area (Å²) < 4.78 is 0. The van der Waals surface area contributed by atoms with Crippen LogP contribution in [0.4, 0.5) is 5.69 Å². The van der Waals surface area contributed by atoms with Crippen molar-refractivity contribution in [2.45, 2.75) is 51.1 Å². The lowest BCUT2D eigenvalue weighted by Crippen LogP contribution is -2.45. The molecule has 1 saturated carbocycles. The van der Waals surface area contributed by atoms with Crippen molar-refractivity contribution in [3.05, 3.63) is 29.8 Å². The Bertz CT molecular complexity index is 664. The van der Waals surface area contributed by atoms with Crippen LogP contribution in [0.5, 0.6) is 0 Å². The van der Waals surface area contributed by atoms with E-state index < -0.39 is 0 Å².